The lowest BCUT2D eigenvalue weighted by molar-refractivity contribution is 0.565. The number of carbonyl (C=O) groups excluding carboxylic acids is 1. The summed E-state index contributed by atoms with van der Waals surface area (Å²) in [5, 5.41) is 2.16. The van der Waals surface area contributed by atoms with Crippen molar-refractivity contribution in [2.45, 2.75) is 0 Å². The molecule has 0 unspecified atom stereocenters. The minimum Gasteiger partial charge on any atom is -0.211 e. The molecule has 2 rings (SSSR count). The second-order valence-corrected chi connectivity index (χ2v) is 3.62. The molecule has 0 radical (unpaired) electrons. The van der Waals surface area contributed by atoms with Gasteiger partial charge >= 0.3 is 0 Å². The number of fused-ring (bicyclic) bond motifs is 1. The molecule has 0 saturated heterocycles. The van der Waals surface area contributed by atoms with Crippen LogP contribution in [0.1, 0.15) is 0 Å². The van der Waals surface area contributed by atoms with E-state index in [-0.39, 0.29) is 0 Å². The van der Waals surface area contributed by atoms with E-state index < -0.39 is 0 Å². The minimum atomic E-state index is 0.610. The summed E-state index contributed by atoms with van der Waals surface area (Å²) < 4.78 is 0.832. The normalized spacial score (nSPS) is 9.79. The van der Waals surface area contributed by atoms with Crippen molar-refractivity contribution in [3.63, 3.8) is 0 Å². The molecule has 2 aromatic carbocycles. The van der Waals surface area contributed by atoms with Gasteiger partial charge in [-0.05, 0) is 32.8 Å². The summed E-state index contributed by atoms with van der Waals surface area (Å²) in [5.74, 6) is 0. The van der Waals surface area contributed by atoms with Gasteiger partial charge in [-0.3, -0.25) is 0 Å². The molecule has 0 saturated carbocycles. The van der Waals surface area contributed by atoms with Crippen LogP contribution in [0.15, 0.2) is 45.9 Å². The van der Waals surface area contributed by atoms with Gasteiger partial charge in [0.1, 0.15) is 0 Å². The summed E-state index contributed by atoms with van der Waals surface area (Å²) in [4.78, 5) is 13.8. The molecule has 0 fully saturated rings. The van der Waals surface area contributed by atoms with E-state index in [1.165, 1.54) is 6.08 Å². The zero-order valence-corrected chi connectivity index (χ0v) is 8.78. The van der Waals surface area contributed by atoms with Crippen LogP contribution < -0.4 is 0 Å². The van der Waals surface area contributed by atoms with Crippen LogP contribution in [0.3, 0.4) is 0 Å². The summed E-state index contributed by atoms with van der Waals surface area (Å²) in [6, 6.07) is 11.6. The zero-order chi connectivity index (χ0) is 9.97. The van der Waals surface area contributed by atoms with Gasteiger partial charge in [0.25, 0.3) is 0 Å². The van der Waals surface area contributed by atoms with Crippen molar-refractivity contribution in [3.05, 3.63) is 40.9 Å². The monoisotopic (exact) mass is 247 g/mol. The number of rotatable bonds is 1. The second-order valence-electron chi connectivity index (χ2n) is 2.82. The first-order chi connectivity index (χ1) is 6.83. The van der Waals surface area contributed by atoms with Crippen LogP contribution in [-0.4, -0.2) is 6.08 Å². The van der Waals surface area contributed by atoms with Crippen LogP contribution in [0.4, 0.5) is 5.69 Å². The Morgan fingerprint density at radius 2 is 1.93 bits per heavy atom. The molecule has 3 heteroatoms. The summed E-state index contributed by atoms with van der Waals surface area (Å²) in [5.41, 5.74) is 0.610. The smallest absolute Gasteiger partial charge is 0.211 e. The highest BCUT2D eigenvalue weighted by atomic mass is 79.9. The summed E-state index contributed by atoms with van der Waals surface area (Å²) in [6.07, 6.45) is 1.53. The van der Waals surface area contributed by atoms with Crippen LogP contribution in [0.25, 0.3) is 10.8 Å². The minimum absolute atomic E-state index is 0.610. The molecule has 0 aromatic heterocycles. The molecule has 0 heterocycles. The van der Waals surface area contributed by atoms with Gasteiger partial charge in [-0.15, -0.1) is 0 Å². The van der Waals surface area contributed by atoms with Crippen molar-refractivity contribution in [2.75, 3.05) is 0 Å². The second kappa shape index (κ2) is 3.74. The number of hydrogen-bond acceptors (Lipinski definition) is 2. The highest BCUT2D eigenvalue weighted by Gasteiger charge is 2.02. The molecular weight excluding hydrogens is 242 g/mol. The Morgan fingerprint density at radius 1 is 1.14 bits per heavy atom. The van der Waals surface area contributed by atoms with Crippen molar-refractivity contribution in [2.24, 2.45) is 4.99 Å². The maximum absolute atomic E-state index is 10.2. The van der Waals surface area contributed by atoms with E-state index >= 15 is 0 Å². The van der Waals surface area contributed by atoms with Crippen LogP contribution >= 0.6 is 15.9 Å². The van der Waals surface area contributed by atoms with Crippen molar-refractivity contribution < 1.29 is 4.79 Å². The van der Waals surface area contributed by atoms with Gasteiger partial charge in [0, 0.05) is 0 Å². The Kier molecular flexibility index (Phi) is 2.44. The number of nitrogens with zero attached hydrogens (tertiary/aromatic N) is 1. The van der Waals surface area contributed by atoms with Crippen molar-refractivity contribution in [1.82, 2.24) is 0 Å². The van der Waals surface area contributed by atoms with Gasteiger partial charge < -0.3 is 0 Å². The van der Waals surface area contributed by atoms with Gasteiger partial charge in [-0.2, -0.15) is 4.99 Å². The molecule has 68 valence electrons. The van der Waals surface area contributed by atoms with E-state index in [0.717, 1.165) is 15.2 Å². The van der Waals surface area contributed by atoms with Crippen molar-refractivity contribution in [3.8, 4) is 0 Å². The van der Waals surface area contributed by atoms with Crippen LogP contribution in [-0.2, 0) is 4.79 Å². The molecule has 0 spiro atoms. The molecule has 0 aliphatic heterocycles. The Hall–Kier alpha value is -1.44. The van der Waals surface area contributed by atoms with Gasteiger partial charge in [-0.1, -0.05) is 30.3 Å². The first kappa shape index (κ1) is 9.13. The lowest BCUT2D eigenvalue weighted by atomic mass is 10.1. The number of benzene rings is 2. The van der Waals surface area contributed by atoms with Gasteiger partial charge in [0.05, 0.1) is 10.2 Å². The van der Waals surface area contributed by atoms with Crippen LogP contribution in [0, 0.1) is 0 Å². The van der Waals surface area contributed by atoms with E-state index in [4.69, 9.17) is 0 Å². The third kappa shape index (κ3) is 1.48. The number of isocyanates is 1. The zero-order valence-electron chi connectivity index (χ0n) is 7.20. The molecule has 14 heavy (non-hydrogen) atoms. The molecule has 0 atom stereocenters. The third-order valence-corrected chi connectivity index (χ3v) is 2.84. The molecule has 0 amide bonds. The fourth-order valence-corrected chi connectivity index (χ4v) is 1.94. The molecule has 2 nitrogen and oxygen atoms in total. The molecule has 0 aliphatic carbocycles. The summed E-state index contributed by atoms with van der Waals surface area (Å²) in [7, 11) is 0. The molecule has 0 bridgehead atoms. The lowest BCUT2D eigenvalue weighted by Crippen LogP contribution is -1.74. The highest BCUT2D eigenvalue weighted by Crippen LogP contribution is 2.32. The fourth-order valence-electron chi connectivity index (χ4n) is 1.36. The summed E-state index contributed by atoms with van der Waals surface area (Å²) >= 11 is 3.41. The SMILES string of the molecule is O=C=Nc1ccc2ccccc2c1Br. The maximum atomic E-state index is 10.2. The Balaban J connectivity index is 2.81. The lowest BCUT2D eigenvalue weighted by Gasteiger charge is -2.01. The fraction of sp³-hybridized carbons (Fsp3) is 0. The predicted octanol–water partition coefficient (Wildman–Crippen LogP) is 3.57. The number of aliphatic imine (C=N–C) groups is 1. The first-order valence-electron chi connectivity index (χ1n) is 4.08. The molecule has 2 aromatic rings. The largest absolute Gasteiger partial charge is 0.240 e. The van der Waals surface area contributed by atoms with Gasteiger partial charge in [-0.25, -0.2) is 4.79 Å². The molecular formula is C11H6BrNO. The van der Waals surface area contributed by atoms with Gasteiger partial charge in [0.15, 0.2) is 0 Å². The van der Waals surface area contributed by atoms with E-state index in [2.05, 4.69) is 20.9 Å². The molecule has 0 N–H and O–H groups in total. The van der Waals surface area contributed by atoms with Crippen LogP contribution in [0.5, 0.6) is 0 Å². The standard InChI is InChI=1S/C11H6BrNO/c12-11-9-4-2-1-3-8(9)5-6-10(11)13-7-14/h1-6H. The number of halogens is 1. The Labute approximate surface area is 89.4 Å². The van der Waals surface area contributed by atoms with E-state index in [1.54, 1.807) is 6.07 Å². The third-order valence-electron chi connectivity index (χ3n) is 2.01. The average molecular weight is 248 g/mol. The van der Waals surface area contributed by atoms with E-state index in [1.807, 2.05) is 30.3 Å². The quantitative estimate of drug-likeness (QED) is 0.560. The van der Waals surface area contributed by atoms with Crippen LogP contribution in [0.2, 0.25) is 0 Å². The average Bonchev–Trinajstić information content (AvgIpc) is 2.23. The number of hydrogen-bond donors (Lipinski definition) is 0. The Morgan fingerprint density at radius 3 is 2.71 bits per heavy atom. The highest BCUT2D eigenvalue weighted by molar-refractivity contribution is 9.10. The Bertz CT molecular complexity index is 530. The topological polar surface area (TPSA) is 29.4 Å². The van der Waals surface area contributed by atoms with E-state index in [0.29, 0.717) is 5.69 Å². The van der Waals surface area contributed by atoms with Crippen molar-refractivity contribution >= 4 is 38.5 Å². The predicted molar refractivity (Wildman–Crippen MR) is 59.4 cm³/mol. The molecule has 0 aliphatic rings. The van der Waals surface area contributed by atoms with Gasteiger partial charge in [0.2, 0.25) is 6.08 Å². The maximum Gasteiger partial charge on any atom is 0.240 e. The van der Waals surface area contributed by atoms with E-state index in [9.17, 15) is 4.79 Å². The summed E-state index contributed by atoms with van der Waals surface area (Å²) in [6.45, 7) is 0. The first-order valence-corrected chi connectivity index (χ1v) is 4.87. The van der Waals surface area contributed by atoms with Crippen molar-refractivity contribution in [1.29, 1.82) is 0 Å².